The lowest BCUT2D eigenvalue weighted by Crippen LogP contribution is -1.98. The number of nitrogens with one attached hydrogen (secondary N) is 1. The van der Waals surface area contributed by atoms with Gasteiger partial charge in [-0.2, -0.15) is 0 Å². The quantitative estimate of drug-likeness (QED) is 0.652. The summed E-state index contributed by atoms with van der Waals surface area (Å²) >= 11 is 1.01. The molecule has 0 saturated heterocycles. The van der Waals surface area contributed by atoms with Gasteiger partial charge < -0.3 is 9.84 Å². The highest BCUT2D eigenvalue weighted by molar-refractivity contribution is 8.04. The number of ether oxygens (including phenoxy) is 1. The number of H-pyrrole nitrogens is 1. The van der Waals surface area contributed by atoms with E-state index < -0.39 is 5.97 Å². The number of rotatable bonds is 5. The van der Waals surface area contributed by atoms with Crippen LogP contribution in [-0.4, -0.2) is 33.4 Å². The van der Waals surface area contributed by atoms with Crippen molar-refractivity contribution in [3.05, 3.63) is 40.1 Å². The van der Waals surface area contributed by atoms with Gasteiger partial charge in [0.05, 0.1) is 7.11 Å². The van der Waals surface area contributed by atoms with Crippen molar-refractivity contribution in [2.24, 2.45) is 0 Å². The summed E-state index contributed by atoms with van der Waals surface area (Å²) in [6, 6.07) is 5.47. The van der Waals surface area contributed by atoms with Crippen LogP contribution in [0.4, 0.5) is 0 Å². The van der Waals surface area contributed by atoms with Gasteiger partial charge in [-0.25, -0.2) is 9.78 Å². The highest BCUT2D eigenvalue weighted by Crippen LogP contribution is 2.27. The first-order chi connectivity index (χ1) is 9.99. The molecule has 0 saturated carbocycles. The Labute approximate surface area is 126 Å². The van der Waals surface area contributed by atoms with Crippen LogP contribution >= 0.6 is 11.8 Å². The van der Waals surface area contributed by atoms with E-state index in [4.69, 9.17) is 4.74 Å². The van der Waals surface area contributed by atoms with Crippen molar-refractivity contribution in [1.82, 2.24) is 15.2 Å². The standard InChI is InChI=1S/C14H15N3O3S/c1-8-6-11(20-3)5-4-10(8)7-12(13(18)19)21-14-15-9(2)16-17-14/h4-7H,1-3H3,(H,18,19)(H,15,16,17). The van der Waals surface area contributed by atoms with E-state index in [2.05, 4.69) is 15.2 Å². The van der Waals surface area contributed by atoms with Crippen LogP contribution in [0.25, 0.3) is 6.08 Å². The molecule has 0 aliphatic rings. The Hall–Kier alpha value is -2.28. The van der Waals surface area contributed by atoms with Crippen LogP contribution in [0.15, 0.2) is 28.3 Å². The van der Waals surface area contributed by atoms with Gasteiger partial charge in [0.15, 0.2) is 0 Å². The topological polar surface area (TPSA) is 88.1 Å². The van der Waals surface area contributed by atoms with Gasteiger partial charge >= 0.3 is 5.97 Å². The largest absolute Gasteiger partial charge is 0.497 e. The van der Waals surface area contributed by atoms with Crippen molar-refractivity contribution in [3.8, 4) is 5.75 Å². The minimum absolute atomic E-state index is 0.155. The van der Waals surface area contributed by atoms with E-state index in [1.165, 1.54) is 0 Å². The van der Waals surface area contributed by atoms with Gasteiger partial charge in [0.1, 0.15) is 16.5 Å². The molecule has 1 aromatic heterocycles. The molecule has 0 bridgehead atoms. The molecule has 0 fully saturated rings. The Bertz CT molecular complexity index is 695. The van der Waals surface area contributed by atoms with Gasteiger partial charge in [0.2, 0.25) is 5.16 Å². The number of thioether (sulfide) groups is 1. The number of aromatic nitrogens is 3. The van der Waals surface area contributed by atoms with Crippen molar-refractivity contribution in [3.63, 3.8) is 0 Å². The zero-order chi connectivity index (χ0) is 15.4. The average molecular weight is 305 g/mol. The summed E-state index contributed by atoms with van der Waals surface area (Å²) in [4.78, 5) is 15.6. The second-order valence-electron chi connectivity index (χ2n) is 4.34. The van der Waals surface area contributed by atoms with Crippen LogP contribution in [0, 0.1) is 13.8 Å². The van der Waals surface area contributed by atoms with Crippen LogP contribution in [-0.2, 0) is 4.79 Å². The van der Waals surface area contributed by atoms with Crippen LogP contribution in [0.3, 0.4) is 0 Å². The number of benzene rings is 1. The summed E-state index contributed by atoms with van der Waals surface area (Å²) in [6.07, 6.45) is 1.60. The number of aryl methyl sites for hydroxylation is 2. The molecule has 0 aliphatic heterocycles. The van der Waals surface area contributed by atoms with E-state index in [1.807, 2.05) is 19.1 Å². The molecule has 1 heterocycles. The monoisotopic (exact) mass is 305 g/mol. The van der Waals surface area contributed by atoms with Crippen molar-refractivity contribution < 1.29 is 14.6 Å². The maximum atomic E-state index is 11.4. The zero-order valence-electron chi connectivity index (χ0n) is 11.9. The van der Waals surface area contributed by atoms with Gasteiger partial charge in [-0.05, 0) is 54.9 Å². The minimum atomic E-state index is -1.02. The molecule has 0 radical (unpaired) electrons. The van der Waals surface area contributed by atoms with Gasteiger partial charge in [-0.15, -0.1) is 5.10 Å². The number of nitrogens with zero attached hydrogens (tertiary/aromatic N) is 2. The third-order valence-electron chi connectivity index (χ3n) is 2.75. The van der Waals surface area contributed by atoms with Crippen molar-refractivity contribution in [1.29, 1.82) is 0 Å². The lowest BCUT2D eigenvalue weighted by atomic mass is 10.1. The summed E-state index contributed by atoms with van der Waals surface area (Å²) in [5, 5.41) is 16.3. The lowest BCUT2D eigenvalue weighted by Gasteiger charge is -2.05. The highest BCUT2D eigenvalue weighted by atomic mass is 32.2. The van der Waals surface area contributed by atoms with Crippen LogP contribution < -0.4 is 4.74 Å². The number of hydrogen-bond acceptors (Lipinski definition) is 5. The molecule has 2 N–H and O–H groups in total. The fourth-order valence-electron chi connectivity index (χ4n) is 1.68. The molecule has 2 rings (SSSR count). The molecule has 0 atom stereocenters. The number of methoxy groups -OCH3 is 1. The highest BCUT2D eigenvalue weighted by Gasteiger charge is 2.13. The molecule has 6 nitrogen and oxygen atoms in total. The fraction of sp³-hybridized carbons (Fsp3) is 0.214. The molecule has 0 spiro atoms. The predicted octanol–water partition coefficient (Wildman–Crippen LogP) is 2.65. The number of aliphatic carboxylic acids is 1. The van der Waals surface area contributed by atoms with Crippen LogP contribution in [0.5, 0.6) is 5.75 Å². The minimum Gasteiger partial charge on any atom is -0.497 e. The summed E-state index contributed by atoms with van der Waals surface area (Å²) < 4.78 is 5.13. The van der Waals surface area contributed by atoms with Crippen molar-refractivity contribution >= 4 is 23.8 Å². The van der Waals surface area contributed by atoms with Gasteiger partial charge in [0, 0.05) is 0 Å². The number of carboxylic acid groups (broad SMARTS) is 1. The first kappa shape index (κ1) is 15.1. The van der Waals surface area contributed by atoms with E-state index in [0.29, 0.717) is 11.0 Å². The Kier molecular flexibility index (Phi) is 4.64. The first-order valence-electron chi connectivity index (χ1n) is 6.16. The summed E-state index contributed by atoms with van der Waals surface area (Å²) in [5.74, 6) is 0.360. The number of carboxylic acids is 1. The van der Waals surface area contributed by atoms with E-state index >= 15 is 0 Å². The van der Waals surface area contributed by atoms with Crippen LogP contribution in [0.1, 0.15) is 17.0 Å². The Balaban J connectivity index is 2.31. The number of aromatic amines is 1. The third kappa shape index (κ3) is 3.85. The number of carbonyl (C=O) groups is 1. The predicted molar refractivity (Wildman–Crippen MR) is 80.3 cm³/mol. The molecule has 1 aromatic carbocycles. The second-order valence-corrected chi connectivity index (χ2v) is 5.35. The molecule has 7 heteroatoms. The Morgan fingerprint density at radius 3 is 2.71 bits per heavy atom. The maximum absolute atomic E-state index is 11.4. The molecule has 2 aromatic rings. The Morgan fingerprint density at radius 2 is 2.19 bits per heavy atom. The van der Waals surface area contributed by atoms with E-state index in [-0.39, 0.29) is 4.91 Å². The van der Waals surface area contributed by atoms with E-state index in [0.717, 1.165) is 28.6 Å². The SMILES string of the molecule is COc1ccc(C=C(Sc2n[nH]c(C)n2)C(=O)O)c(C)c1. The van der Waals surface area contributed by atoms with Gasteiger partial charge in [-0.3, -0.25) is 5.10 Å². The normalized spacial score (nSPS) is 11.5. The lowest BCUT2D eigenvalue weighted by molar-refractivity contribution is -0.131. The number of hydrogen-bond donors (Lipinski definition) is 2. The van der Waals surface area contributed by atoms with E-state index in [1.54, 1.807) is 26.2 Å². The first-order valence-corrected chi connectivity index (χ1v) is 6.97. The third-order valence-corrected chi connectivity index (χ3v) is 3.63. The van der Waals surface area contributed by atoms with Crippen LogP contribution in [0.2, 0.25) is 0 Å². The fourth-order valence-corrected chi connectivity index (χ4v) is 2.42. The van der Waals surface area contributed by atoms with E-state index in [9.17, 15) is 9.90 Å². The molecule has 110 valence electrons. The van der Waals surface area contributed by atoms with Gasteiger partial charge in [-0.1, -0.05) is 6.07 Å². The average Bonchev–Trinajstić information content (AvgIpc) is 2.85. The molecule has 0 aliphatic carbocycles. The Morgan fingerprint density at radius 1 is 1.43 bits per heavy atom. The van der Waals surface area contributed by atoms with Crippen molar-refractivity contribution in [2.45, 2.75) is 19.0 Å². The summed E-state index contributed by atoms with van der Waals surface area (Å²) in [5.41, 5.74) is 1.74. The smallest absolute Gasteiger partial charge is 0.342 e. The summed E-state index contributed by atoms with van der Waals surface area (Å²) in [7, 11) is 1.59. The second kappa shape index (κ2) is 6.45. The van der Waals surface area contributed by atoms with Gasteiger partial charge in [0.25, 0.3) is 0 Å². The van der Waals surface area contributed by atoms with Crippen molar-refractivity contribution in [2.75, 3.05) is 7.11 Å². The molecule has 21 heavy (non-hydrogen) atoms. The molecule has 0 amide bonds. The molecule has 0 unspecified atom stereocenters. The molecular weight excluding hydrogens is 290 g/mol. The maximum Gasteiger partial charge on any atom is 0.342 e. The molecular formula is C14H15N3O3S. The summed E-state index contributed by atoms with van der Waals surface area (Å²) in [6.45, 7) is 3.66. The zero-order valence-corrected chi connectivity index (χ0v) is 12.7.